The first kappa shape index (κ1) is 32.4. The predicted molar refractivity (Wildman–Crippen MR) is 178 cm³/mol. The van der Waals surface area contributed by atoms with Gasteiger partial charge in [0.05, 0.1) is 11.9 Å². The SMILES string of the molecule is Cc1ccc(Cl)cc1.O=C(NCC(=O)N1CCC(c2ccccc2CN2CCCC2=O)CC1)c1cc(=O)c2cc(Br)ccc2o1. The van der Waals surface area contributed by atoms with Crippen LogP contribution >= 0.6 is 27.5 Å². The van der Waals surface area contributed by atoms with Crippen LogP contribution in [0.2, 0.25) is 5.02 Å². The standard InChI is InChI=1S/C28H28BrN3O5.C7H7Cl/c29-20-7-8-24-22(14-20)23(33)15-25(37-24)28(36)30-16-27(35)31-12-9-18(10-13-31)21-5-2-1-4-19(21)17-32-11-3-6-26(32)34;1-6-2-4-7(8)5-3-6/h1-2,4-5,7-8,14-15,18H,3,6,9-13,16-17H2,(H,30,36);2-5H,1H3. The van der Waals surface area contributed by atoms with Crippen LogP contribution in [0.3, 0.4) is 0 Å². The number of nitrogens with one attached hydrogen (secondary N) is 1. The van der Waals surface area contributed by atoms with Crippen LogP contribution in [0.15, 0.2) is 86.5 Å². The lowest BCUT2D eigenvalue weighted by atomic mass is 9.86. The van der Waals surface area contributed by atoms with E-state index in [-0.39, 0.29) is 29.5 Å². The molecule has 0 unspecified atom stereocenters. The fraction of sp³-hybridized carbons (Fsp3) is 0.314. The Balaban J connectivity index is 0.000000436. The second-order valence-corrected chi connectivity index (χ2v) is 12.7. The number of carbonyl (C=O) groups is 3. The van der Waals surface area contributed by atoms with E-state index in [0.29, 0.717) is 42.9 Å². The minimum Gasteiger partial charge on any atom is -0.451 e. The molecule has 0 saturated carbocycles. The zero-order valence-electron chi connectivity index (χ0n) is 25.1. The largest absolute Gasteiger partial charge is 0.451 e. The van der Waals surface area contributed by atoms with Crippen LogP contribution in [0, 0.1) is 6.92 Å². The molecule has 1 aromatic heterocycles. The Hall–Kier alpha value is -3.95. The molecule has 0 aliphatic carbocycles. The molecule has 6 rings (SSSR count). The molecule has 0 radical (unpaired) electrons. The molecule has 0 bridgehead atoms. The van der Waals surface area contributed by atoms with Crippen LogP contribution < -0.4 is 10.7 Å². The molecular weight excluding hydrogens is 658 g/mol. The maximum atomic E-state index is 12.8. The molecule has 2 fully saturated rings. The summed E-state index contributed by atoms with van der Waals surface area (Å²) in [6.07, 6.45) is 3.19. The van der Waals surface area contributed by atoms with Crippen LogP contribution in [0.1, 0.15) is 58.8 Å². The van der Waals surface area contributed by atoms with Gasteiger partial charge in [-0.3, -0.25) is 19.2 Å². The molecular formula is C35H35BrClN3O5. The molecule has 2 aliphatic rings. The van der Waals surface area contributed by atoms with Crippen molar-refractivity contribution in [2.45, 2.75) is 45.1 Å². The van der Waals surface area contributed by atoms with Crippen molar-refractivity contribution in [2.75, 3.05) is 26.2 Å². The Morgan fingerprint density at radius 2 is 1.71 bits per heavy atom. The minimum absolute atomic E-state index is 0.126. The first-order valence-electron chi connectivity index (χ1n) is 15.0. The van der Waals surface area contributed by atoms with E-state index in [9.17, 15) is 19.2 Å². The summed E-state index contributed by atoms with van der Waals surface area (Å²) in [5.74, 6) is -0.363. The average molecular weight is 693 g/mol. The number of amides is 3. The van der Waals surface area contributed by atoms with E-state index >= 15 is 0 Å². The highest BCUT2D eigenvalue weighted by Crippen LogP contribution is 2.31. The second kappa shape index (κ2) is 14.9. The second-order valence-electron chi connectivity index (χ2n) is 11.4. The molecule has 3 heterocycles. The number of likely N-dealkylation sites (tertiary alicyclic amines) is 2. The average Bonchev–Trinajstić information content (AvgIpc) is 3.45. The van der Waals surface area contributed by atoms with Crippen molar-refractivity contribution in [2.24, 2.45) is 0 Å². The number of benzene rings is 3. The molecule has 4 aromatic rings. The van der Waals surface area contributed by atoms with Crippen molar-refractivity contribution in [1.82, 2.24) is 15.1 Å². The predicted octanol–water partition coefficient (Wildman–Crippen LogP) is 6.46. The van der Waals surface area contributed by atoms with Gasteiger partial charge in [-0.25, -0.2) is 0 Å². The molecule has 0 spiro atoms. The summed E-state index contributed by atoms with van der Waals surface area (Å²) in [6.45, 7) is 4.51. The van der Waals surface area contributed by atoms with Gasteiger partial charge in [0.25, 0.3) is 5.91 Å². The highest BCUT2D eigenvalue weighted by Gasteiger charge is 2.27. The van der Waals surface area contributed by atoms with Gasteiger partial charge in [0.2, 0.25) is 11.8 Å². The van der Waals surface area contributed by atoms with Crippen molar-refractivity contribution in [3.05, 3.63) is 115 Å². The zero-order chi connectivity index (χ0) is 31.9. The van der Waals surface area contributed by atoms with Gasteiger partial charge >= 0.3 is 0 Å². The van der Waals surface area contributed by atoms with Gasteiger partial charge in [0.15, 0.2) is 11.2 Å². The maximum absolute atomic E-state index is 12.8. The highest BCUT2D eigenvalue weighted by molar-refractivity contribution is 9.10. The summed E-state index contributed by atoms with van der Waals surface area (Å²) in [5, 5.41) is 3.76. The van der Waals surface area contributed by atoms with Gasteiger partial charge in [0.1, 0.15) is 5.58 Å². The number of carbonyl (C=O) groups excluding carboxylic acids is 3. The third-order valence-corrected chi connectivity index (χ3v) is 8.94. The van der Waals surface area contributed by atoms with Crippen LogP contribution in [0.25, 0.3) is 11.0 Å². The Labute approximate surface area is 275 Å². The third-order valence-electron chi connectivity index (χ3n) is 8.20. The topological polar surface area (TPSA) is 99.9 Å². The number of hydrogen-bond donors (Lipinski definition) is 1. The molecule has 2 aliphatic heterocycles. The number of rotatable bonds is 6. The lowest BCUT2D eigenvalue weighted by Gasteiger charge is -2.33. The highest BCUT2D eigenvalue weighted by atomic mass is 79.9. The van der Waals surface area contributed by atoms with E-state index in [1.807, 2.05) is 48.2 Å². The quantitative estimate of drug-likeness (QED) is 0.250. The van der Waals surface area contributed by atoms with Crippen molar-refractivity contribution < 1.29 is 18.8 Å². The van der Waals surface area contributed by atoms with E-state index in [0.717, 1.165) is 41.4 Å². The van der Waals surface area contributed by atoms with E-state index in [1.54, 1.807) is 23.1 Å². The Morgan fingerprint density at radius 1 is 0.978 bits per heavy atom. The Bertz CT molecular complexity index is 1730. The number of nitrogens with zero attached hydrogens (tertiary/aromatic N) is 2. The zero-order valence-corrected chi connectivity index (χ0v) is 27.4. The van der Waals surface area contributed by atoms with E-state index in [2.05, 4.69) is 33.4 Å². The molecule has 3 aromatic carbocycles. The van der Waals surface area contributed by atoms with Crippen molar-refractivity contribution >= 4 is 56.2 Å². The summed E-state index contributed by atoms with van der Waals surface area (Å²) in [5.41, 5.74) is 3.66. The fourth-order valence-electron chi connectivity index (χ4n) is 5.72. The van der Waals surface area contributed by atoms with Crippen molar-refractivity contribution in [3.8, 4) is 0 Å². The fourth-order valence-corrected chi connectivity index (χ4v) is 6.21. The molecule has 8 nitrogen and oxygen atoms in total. The number of hydrogen-bond acceptors (Lipinski definition) is 5. The molecule has 3 amide bonds. The Morgan fingerprint density at radius 3 is 2.40 bits per heavy atom. The monoisotopic (exact) mass is 691 g/mol. The molecule has 10 heteroatoms. The number of piperidine rings is 1. The van der Waals surface area contributed by atoms with Gasteiger partial charge in [-0.2, -0.15) is 0 Å². The van der Waals surface area contributed by atoms with Gasteiger partial charge in [-0.1, -0.05) is 69.5 Å². The number of halogens is 2. The maximum Gasteiger partial charge on any atom is 0.287 e. The minimum atomic E-state index is -0.601. The number of aryl methyl sites for hydroxylation is 1. The van der Waals surface area contributed by atoms with Crippen LogP contribution in [0.4, 0.5) is 0 Å². The van der Waals surface area contributed by atoms with Gasteiger partial charge < -0.3 is 19.5 Å². The molecule has 2 saturated heterocycles. The van der Waals surface area contributed by atoms with Gasteiger partial charge in [-0.15, -0.1) is 0 Å². The van der Waals surface area contributed by atoms with Crippen LogP contribution in [-0.2, 0) is 16.1 Å². The molecule has 45 heavy (non-hydrogen) atoms. The van der Waals surface area contributed by atoms with Crippen LogP contribution in [-0.4, -0.2) is 53.7 Å². The first-order chi connectivity index (χ1) is 21.7. The van der Waals surface area contributed by atoms with E-state index in [1.165, 1.54) is 16.7 Å². The van der Waals surface area contributed by atoms with E-state index in [4.69, 9.17) is 16.0 Å². The normalized spacial score (nSPS) is 15.1. The summed E-state index contributed by atoms with van der Waals surface area (Å²) >= 11 is 8.93. The molecule has 234 valence electrons. The van der Waals surface area contributed by atoms with Gasteiger partial charge in [-0.05, 0) is 73.6 Å². The smallest absolute Gasteiger partial charge is 0.287 e. The third kappa shape index (κ3) is 8.41. The molecule has 1 N–H and O–H groups in total. The van der Waals surface area contributed by atoms with Gasteiger partial charge in [0, 0.05) is 48.2 Å². The van der Waals surface area contributed by atoms with Crippen molar-refractivity contribution in [3.63, 3.8) is 0 Å². The number of fused-ring (bicyclic) bond motifs is 1. The first-order valence-corrected chi connectivity index (χ1v) is 16.2. The summed E-state index contributed by atoms with van der Waals surface area (Å²) < 4.78 is 6.32. The lowest BCUT2D eigenvalue weighted by Crippen LogP contribution is -2.44. The van der Waals surface area contributed by atoms with E-state index < -0.39 is 5.91 Å². The summed E-state index contributed by atoms with van der Waals surface area (Å²) in [7, 11) is 0. The van der Waals surface area contributed by atoms with Crippen LogP contribution in [0.5, 0.6) is 0 Å². The lowest BCUT2D eigenvalue weighted by molar-refractivity contribution is -0.131. The summed E-state index contributed by atoms with van der Waals surface area (Å²) in [6, 6.07) is 22.1. The molecule has 0 atom stereocenters. The van der Waals surface area contributed by atoms with Crippen molar-refractivity contribution in [1.29, 1.82) is 0 Å². The Kier molecular flexibility index (Phi) is 10.7. The summed E-state index contributed by atoms with van der Waals surface area (Å²) in [4.78, 5) is 53.5.